The summed E-state index contributed by atoms with van der Waals surface area (Å²) >= 11 is 5.21. The molecule has 0 radical (unpaired) electrons. The molecule has 1 aromatic heterocycles. The van der Waals surface area contributed by atoms with E-state index in [-0.39, 0.29) is 0 Å². The number of aromatic nitrogens is 3. The van der Waals surface area contributed by atoms with Crippen LogP contribution in [0, 0.1) is 4.77 Å². The molecule has 0 aliphatic carbocycles. The van der Waals surface area contributed by atoms with Crippen molar-refractivity contribution >= 4 is 12.2 Å². The van der Waals surface area contributed by atoms with Crippen LogP contribution in [0.5, 0.6) is 5.75 Å². The molecule has 6 heteroatoms. The van der Waals surface area contributed by atoms with Crippen LogP contribution in [0.2, 0.25) is 0 Å². The van der Waals surface area contributed by atoms with Crippen LogP contribution in [0.3, 0.4) is 0 Å². The highest BCUT2D eigenvalue weighted by atomic mass is 32.1. The van der Waals surface area contributed by atoms with Crippen LogP contribution in [0.25, 0.3) is 5.69 Å². The quantitative estimate of drug-likeness (QED) is 0.844. The molecule has 0 atom stereocenters. The molecule has 0 bridgehead atoms. The predicted molar refractivity (Wildman–Crippen MR) is 70.6 cm³/mol. The monoisotopic (exact) mass is 265 g/mol. The Balaban J connectivity index is 2.36. The molecule has 5 nitrogen and oxygen atoms in total. The molecular weight excluding hydrogens is 250 g/mol. The lowest BCUT2D eigenvalue weighted by molar-refractivity contribution is 0.176. The molecule has 0 amide bonds. The number of hydrogen-bond acceptors (Lipinski definition) is 4. The van der Waals surface area contributed by atoms with Crippen molar-refractivity contribution in [3.8, 4) is 11.4 Å². The second kappa shape index (κ2) is 5.79. The maximum atomic E-state index is 5.40. The zero-order valence-electron chi connectivity index (χ0n) is 10.3. The summed E-state index contributed by atoms with van der Waals surface area (Å²) in [6, 6.07) is 7.69. The summed E-state index contributed by atoms with van der Waals surface area (Å²) in [5.74, 6) is 1.58. The molecule has 96 valence electrons. The molecule has 18 heavy (non-hydrogen) atoms. The van der Waals surface area contributed by atoms with Crippen LogP contribution in [0.15, 0.2) is 24.3 Å². The highest BCUT2D eigenvalue weighted by molar-refractivity contribution is 7.71. The lowest BCUT2D eigenvalue weighted by atomic mass is 10.3. The molecule has 0 fully saturated rings. The van der Waals surface area contributed by atoms with Gasteiger partial charge in [0.25, 0.3) is 0 Å². The Morgan fingerprint density at radius 1 is 1.33 bits per heavy atom. The number of H-pyrrole nitrogens is 1. The largest absolute Gasteiger partial charge is 0.494 e. The highest BCUT2D eigenvalue weighted by Gasteiger charge is 2.07. The van der Waals surface area contributed by atoms with Gasteiger partial charge in [-0.05, 0) is 43.4 Å². The van der Waals surface area contributed by atoms with Crippen molar-refractivity contribution in [2.75, 3.05) is 13.7 Å². The van der Waals surface area contributed by atoms with E-state index in [2.05, 4.69) is 10.2 Å². The summed E-state index contributed by atoms with van der Waals surface area (Å²) in [6.07, 6.45) is 0. The highest BCUT2D eigenvalue weighted by Crippen LogP contribution is 2.17. The van der Waals surface area contributed by atoms with Crippen LogP contribution >= 0.6 is 12.2 Å². The van der Waals surface area contributed by atoms with Crippen LogP contribution in [0.4, 0.5) is 0 Å². The molecule has 1 heterocycles. The molecular formula is C12H15N3O2S. The molecule has 0 unspecified atom stereocenters. The minimum atomic E-state index is 0.403. The number of methoxy groups -OCH3 is 1. The van der Waals surface area contributed by atoms with Crippen molar-refractivity contribution in [1.29, 1.82) is 0 Å². The Morgan fingerprint density at radius 3 is 2.67 bits per heavy atom. The number of hydrogen-bond donors (Lipinski definition) is 1. The van der Waals surface area contributed by atoms with Crippen molar-refractivity contribution in [3.63, 3.8) is 0 Å². The Hall–Kier alpha value is -1.66. The molecule has 0 spiro atoms. The smallest absolute Gasteiger partial charge is 0.199 e. The summed E-state index contributed by atoms with van der Waals surface area (Å²) in [7, 11) is 1.63. The standard InChI is InChI=1S/C12H15N3O2S/c1-3-17-10-6-4-9(5-7-10)15-11(8-16-2)13-14-12(15)18/h4-7H,3,8H2,1-2H3,(H,14,18). The summed E-state index contributed by atoms with van der Waals surface area (Å²) in [6.45, 7) is 3.01. The first kappa shape index (κ1) is 12.8. The van der Waals surface area contributed by atoms with Crippen LogP contribution in [-0.2, 0) is 11.3 Å². The van der Waals surface area contributed by atoms with E-state index in [9.17, 15) is 0 Å². The number of aromatic amines is 1. The summed E-state index contributed by atoms with van der Waals surface area (Å²) < 4.78 is 12.9. The third-order valence-electron chi connectivity index (χ3n) is 2.42. The van der Waals surface area contributed by atoms with E-state index in [1.807, 2.05) is 35.8 Å². The van der Waals surface area contributed by atoms with Gasteiger partial charge in [-0.1, -0.05) is 0 Å². The average molecular weight is 265 g/mol. The normalized spacial score (nSPS) is 10.6. The SMILES string of the molecule is CCOc1ccc(-n2c(COC)n[nH]c2=S)cc1. The van der Waals surface area contributed by atoms with Crippen molar-refractivity contribution in [2.45, 2.75) is 13.5 Å². The van der Waals surface area contributed by atoms with Crippen molar-refractivity contribution < 1.29 is 9.47 Å². The van der Waals surface area contributed by atoms with Gasteiger partial charge in [-0.3, -0.25) is 9.67 Å². The minimum Gasteiger partial charge on any atom is -0.494 e. The van der Waals surface area contributed by atoms with Crippen LogP contribution < -0.4 is 4.74 Å². The summed E-state index contributed by atoms with van der Waals surface area (Å²) in [5, 5.41) is 6.89. The second-order valence-electron chi connectivity index (χ2n) is 3.64. The molecule has 1 aromatic carbocycles. The van der Waals surface area contributed by atoms with E-state index in [4.69, 9.17) is 21.7 Å². The lowest BCUT2D eigenvalue weighted by Gasteiger charge is -2.07. The maximum absolute atomic E-state index is 5.40. The molecule has 2 rings (SSSR count). The number of benzene rings is 1. The average Bonchev–Trinajstić information content (AvgIpc) is 2.73. The van der Waals surface area contributed by atoms with Gasteiger partial charge in [0.15, 0.2) is 10.6 Å². The van der Waals surface area contributed by atoms with Gasteiger partial charge in [-0.15, -0.1) is 0 Å². The van der Waals surface area contributed by atoms with Crippen LogP contribution in [-0.4, -0.2) is 28.5 Å². The molecule has 0 saturated heterocycles. The second-order valence-corrected chi connectivity index (χ2v) is 4.03. The fourth-order valence-electron chi connectivity index (χ4n) is 1.68. The van der Waals surface area contributed by atoms with Gasteiger partial charge >= 0.3 is 0 Å². The number of ether oxygens (including phenoxy) is 2. The zero-order chi connectivity index (χ0) is 13.0. The Morgan fingerprint density at radius 2 is 2.06 bits per heavy atom. The first-order valence-corrected chi connectivity index (χ1v) is 6.05. The maximum Gasteiger partial charge on any atom is 0.199 e. The third kappa shape index (κ3) is 2.60. The van der Waals surface area contributed by atoms with E-state index in [0.29, 0.717) is 18.0 Å². The molecule has 0 aliphatic heterocycles. The van der Waals surface area contributed by atoms with Gasteiger partial charge in [-0.2, -0.15) is 5.10 Å². The van der Waals surface area contributed by atoms with E-state index >= 15 is 0 Å². The van der Waals surface area contributed by atoms with Gasteiger partial charge in [0.1, 0.15) is 12.4 Å². The van der Waals surface area contributed by atoms with Gasteiger partial charge in [0.2, 0.25) is 0 Å². The summed E-state index contributed by atoms with van der Waals surface area (Å²) in [4.78, 5) is 0. The fourth-order valence-corrected chi connectivity index (χ4v) is 1.94. The zero-order valence-corrected chi connectivity index (χ0v) is 11.2. The minimum absolute atomic E-state index is 0.403. The lowest BCUT2D eigenvalue weighted by Crippen LogP contribution is -2.02. The van der Waals surface area contributed by atoms with Crippen molar-refractivity contribution in [3.05, 3.63) is 34.9 Å². The predicted octanol–water partition coefficient (Wildman–Crippen LogP) is 2.47. The topological polar surface area (TPSA) is 52.1 Å². The Kier molecular flexibility index (Phi) is 4.11. The van der Waals surface area contributed by atoms with Gasteiger partial charge < -0.3 is 9.47 Å². The van der Waals surface area contributed by atoms with Gasteiger partial charge in [0, 0.05) is 12.8 Å². The van der Waals surface area contributed by atoms with Crippen molar-refractivity contribution in [1.82, 2.24) is 14.8 Å². The van der Waals surface area contributed by atoms with E-state index in [1.54, 1.807) is 7.11 Å². The first-order chi connectivity index (χ1) is 8.76. The molecule has 0 saturated carbocycles. The summed E-state index contributed by atoms with van der Waals surface area (Å²) in [5.41, 5.74) is 0.934. The molecule has 0 aliphatic rings. The number of rotatable bonds is 5. The third-order valence-corrected chi connectivity index (χ3v) is 2.70. The van der Waals surface area contributed by atoms with Gasteiger partial charge in [0.05, 0.1) is 6.61 Å². The van der Waals surface area contributed by atoms with E-state index < -0.39 is 0 Å². The first-order valence-electron chi connectivity index (χ1n) is 5.64. The van der Waals surface area contributed by atoms with Crippen molar-refractivity contribution in [2.24, 2.45) is 0 Å². The Bertz CT molecular complexity index is 559. The molecule has 2 aromatic rings. The number of nitrogens with one attached hydrogen (secondary N) is 1. The number of nitrogens with zero attached hydrogens (tertiary/aromatic N) is 2. The fraction of sp³-hybridized carbons (Fsp3) is 0.333. The van der Waals surface area contributed by atoms with Crippen LogP contribution in [0.1, 0.15) is 12.7 Å². The van der Waals surface area contributed by atoms with E-state index in [0.717, 1.165) is 17.3 Å². The Labute approximate surface area is 110 Å². The van der Waals surface area contributed by atoms with E-state index in [1.165, 1.54) is 0 Å². The van der Waals surface area contributed by atoms with Gasteiger partial charge in [-0.25, -0.2) is 0 Å². The molecule has 1 N–H and O–H groups in total.